The van der Waals surface area contributed by atoms with Crippen LogP contribution in [0.3, 0.4) is 0 Å². The molecule has 2 N–H and O–H groups in total. The monoisotopic (exact) mass is 725 g/mol. The number of rotatable bonds is 4. The van der Waals surface area contributed by atoms with Crippen LogP contribution in [-0.4, -0.2) is 19.9 Å². The van der Waals surface area contributed by atoms with Crippen molar-refractivity contribution in [3.63, 3.8) is 0 Å². The summed E-state index contributed by atoms with van der Waals surface area (Å²) < 4.78 is 5.67. The SMILES string of the molecule is C1=Cc2cc3ccc(cc4nc(cc5ccc(cc1n2)[nH]5)C=C4)[nH]3.c1cc[c]([Ag]([c]2ccccc2)([c]2ccccc2)[c]2ccccc2)cc1. The summed E-state index contributed by atoms with van der Waals surface area (Å²) in [6, 6.07) is 60.4. The van der Waals surface area contributed by atoms with Crippen molar-refractivity contribution in [3.8, 4) is 0 Å². The fourth-order valence-electron chi connectivity index (χ4n) is 5.75. The number of fused-ring (bicyclic) bond motifs is 8. The topological polar surface area (TPSA) is 57.4 Å². The fraction of sp³-hybridized carbons (Fsp3) is 0. The van der Waals surface area contributed by atoms with Gasteiger partial charge in [-0.05, 0) is 72.8 Å². The van der Waals surface area contributed by atoms with Crippen LogP contribution in [0.5, 0.6) is 0 Å². The van der Waals surface area contributed by atoms with Crippen LogP contribution < -0.4 is 15.1 Å². The van der Waals surface area contributed by atoms with Gasteiger partial charge in [-0.1, -0.05) is 0 Å². The normalized spacial score (nSPS) is 12.2. The molecule has 0 spiro atoms. The van der Waals surface area contributed by atoms with E-state index in [0.29, 0.717) is 0 Å². The summed E-state index contributed by atoms with van der Waals surface area (Å²) in [4.78, 5) is 16.0. The van der Waals surface area contributed by atoms with Gasteiger partial charge in [0.05, 0.1) is 22.8 Å². The van der Waals surface area contributed by atoms with Crippen molar-refractivity contribution in [2.45, 2.75) is 0 Å². The van der Waals surface area contributed by atoms with Gasteiger partial charge in [0.1, 0.15) is 0 Å². The molecular weight excluding hydrogens is 692 g/mol. The van der Waals surface area contributed by atoms with Crippen molar-refractivity contribution in [1.82, 2.24) is 19.9 Å². The van der Waals surface area contributed by atoms with E-state index >= 15 is 0 Å². The van der Waals surface area contributed by atoms with E-state index in [0.717, 1.165) is 44.8 Å². The summed E-state index contributed by atoms with van der Waals surface area (Å²) in [6.07, 6.45) is 8.09. The van der Waals surface area contributed by atoms with Crippen LogP contribution in [0.4, 0.5) is 0 Å². The molecule has 0 aliphatic carbocycles. The number of H-pyrrole nitrogens is 2. The second kappa shape index (κ2) is 13.8. The summed E-state index contributed by atoms with van der Waals surface area (Å²) in [7, 11) is 0. The van der Waals surface area contributed by atoms with Gasteiger partial charge in [-0.25, -0.2) is 9.97 Å². The number of hydrogen-bond acceptors (Lipinski definition) is 2. The standard InChI is InChI=1S/C20H14N4.4C6H5.Ag/c1-2-14-10-16-5-6-18(23-16)12-20-8-7-19(24-20)11-17-4-3-15(22-17)9-13(1)21-14;4*1-2-4-6-5-3-1;/h1-12,21,24H;4*1-5H;. The number of aromatic amines is 2. The second-order valence-corrected chi connectivity index (χ2v) is 17.0. The number of hydrogen-bond donors (Lipinski definition) is 2. The Hall–Kier alpha value is -5.78. The number of benzene rings is 4. The first-order valence-corrected chi connectivity index (χ1v) is 19.1. The van der Waals surface area contributed by atoms with Crippen molar-refractivity contribution < 1.29 is 17.1 Å². The Bertz CT molecular complexity index is 2090. The predicted octanol–water partition coefficient (Wildman–Crippen LogP) is 8.10. The van der Waals surface area contributed by atoms with Crippen molar-refractivity contribution in [2.75, 3.05) is 0 Å². The van der Waals surface area contributed by atoms with Crippen LogP contribution in [0.1, 0.15) is 22.8 Å². The van der Waals surface area contributed by atoms with E-state index in [4.69, 9.17) is 0 Å². The zero-order valence-corrected chi connectivity index (χ0v) is 28.2. The Balaban J connectivity index is 0.000000142. The van der Waals surface area contributed by atoms with Crippen LogP contribution in [0, 0.1) is 0 Å². The Morgan fingerprint density at radius 1 is 0.306 bits per heavy atom. The second-order valence-electron chi connectivity index (χ2n) is 11.4. The van der Waals surface area contributed by atoms with E-state index in [9.17, 15) is 0 Å². The third-order valence-electron chi connectivity index (χ3n) is 7.92. The van der Waals surface area contributed by atoms with E-state index < -0.39 is 17.1 Å². The van der Waals surface area contributed by atoms with Crippen LogP contribution >= 0.6 is 0 Å². The maximum atomic E-state index is 4.63. The molecule has 0 fully saturated rings. The summed E-state index contributed by atoms with van der Waals surface area (Å²) in [5, 5.41) is 0. The number of nitrogens with zero attached hydrogens (tertiary/aromatic N) is 2. The van der Waals surface area contributed by atoms with Crippen LogP contribution in [0.2, 0.25) is 0 Å². The molecule has 4 aromatic carbocycles. The van der Waals surface area contributed by atoms with E-state index in [1.54, 1.807) is 0 Å². The number of nitrogens with one attached hydrogen (secondary N) is 2. The molecule has 9 rings (SSSR count). The van der Waals surface area contributed by atoms with Gasteiger partial charge >= 0.3 is 154 Å². The molecule has 0 amide bonds. The van der Waals surface area contributed by atoms with Crippen molar-refractivity contribution in [2.24, 2.45) is 0 Å². The molecule has 0 atom stereocenters. The van der Waals surface area contributed by atoms with Gasteiger partial charge in [-0.3, -0.25) is 0 Å². The predicted molar refractivity (Wildman–Crippen MR) is 203 cm³/mol. The molecule has 0 saturated heterocycles. The molecule has 0 saturated carbocycles. The maximum absolute atomic E-state index is 4.63. The Morgan fingerprint density at radius 2 is 0.551 bits per heavy atom. The molecule has 241 valence electrons. The molecule has 4 nitrogen and oxygen atoms in total. The van der Waals surface area contributed by atoms with Gasteiger partial charge in [0.15, 0.2) is 0 Å². The molecule has 49 heavy (non-hydrogen) atoms. The van der Waals surface area contributed by atoms with Crippen LogP contribution in [0.25, 0.3) is 46.4 Å². The average molecular weight is 727 g/mol. The van der Waals surface area contributed by atoms with Gasteiger partial charge in [0, 0.05) is 22.1 Å². The Labute approximate surface area is 289 Å². The molecule has 0 radical (unpaired) electrons. The Kier molecular flexibility index (Phi) is 8.57. The molecule has 2 aliphatic heterocycles. The first-order valence-electron chi connectivity index (χ1n) is 16.1. The quantitative estimate of drug-likeness (QED) is 0.180. The van der Waals surface area contributed by atoms with Crippen molar-refractivity contribution >= 4 is 61.5 Å². The average Bonchev–Trinajstić information content (AvgIpc) is 3.98. The van der Waals surface area contributed by atoms with Gasteiger partial charge in [0.25, 0.3) is 0 Å². The first kappa shape index (κ1) is 30.5. The Morgan fingerprint density at radius 3 is 0.796 bits per heavy atom. The third kappa shape index (κ3) is 6.54. The fourth-order valence-corrected chi connectivity index (χ4v) is 12.8. The third-order valence-corrected chi connectivity index (χ3v) is 15.0. The molecule has 8 bridgehead atoms. The first-order chi connectivity index (χ1) is 24.2. The molecule has 5 heteroatoms. The molecule has 7 aromatic rings. The van der Waals surface area contributed by atoms with E-state index in [1.807, 2.05) is 48.6 Å². The molecular formula is C44H34AgN4. The zero-order valence-electron chi connectivity index (χ0n) is 26.7. The van der Waals surface area contributed by atoms with Crippen molar-refractivity contribution in [1.29, 1.82) is 0 Å². The molecule has 5 heterocycles. The molecule has 0 unspecified atom stereocenters. The summed E-state index contributed by atoms with van der Waals surface area (Å²) >= 11 is -2.32. The van der Waals surface area contributed by atoms with E-state index in [-0.39, 0.29) is 0 Å². The minimum absolute atomic E-state index is 0.939. The minimum atomic E-state index is -2.32. The molecule has 2 aliphatic rings. The van der Waals surface area contributed by atoms with Crippen molar-refractivity contribution in [3.05, 3.63) is 193 Å². The van der Waals surface area contributed by atoms with E-state index in [2.05, 4.69) is 166 Å². The van der Waals surface area contributed by atoms with Crippen LogP contribution in [-0.2, 0) is 17.1 Å². The van der Waals surface area contributed by atoms with Gasteiger partial charge in [-0.2, -0.15) is 0 Å². The van der Waals surface area contributed by atoms with E-state index in [1.165, 1.54) is 15.1 Å². The van der Waals surface area contributed by atoms with Gasteiger partial charge in [0.2, 0.25) is 0 Å². The summed E-state index contributed by atoms with van der Waals surface area (Å²) in [6.45, 7) is 0. The van der Waals surface area contributed by atoms with Crippen LogP contribution in [0.15, 0.2) is 170 Å². The summed E-state index contributed by atoms with van der Waals surface area (Å²) in [5.41, 5.74) is 7.86. The zero-order chi connectivity index (χ0) is 32.9. The number of aromatic nitrogens is 4. The summed E-state index contributed by atoms with van der Waals surface area (Å²) in [5.74, 6) is 0. The molecule has 3 aromatic heterocycles. The van der Waals surface area contributed by atoms with Gasteiger partial charge < -0.3 is 9.97 Å². The van der Waals surface area contributed by atoms with Gasteiger partial charge in [-0.15, -0.1) is 0 Å².